The van der Waals surface area contributed by atoms with Gasteiger partial charge in [-0.15, -0.1) is 0 Å². The zero-order valence-electron chi connectivity index (χ0n) is 19.1. The highest BCUT2D eigenvalue weighted by atomic mass is 28.4. The smallest absolute Gasteiger partial charge is 0.196 e. The van der Waals surface area contributed by atoms with Crippen molar-refractivity contribution < 1.29 is 18.6 Å². The molecule has 0 radical (unpaired) electrons. The first-order valence-electron chi connectivity index (χ1n) is 10.8. The van der Waals surface area contributed by atoms with Crippen LogP contribution in [-0.2, 0) is 18.6 Å². The Morgan fingerprint density at radius 2 is 1.87 bits per heavy atom. The van der Waals surface area contributed by atoms with Crippen LogP contribution in [0.1, 0.15) is 46.5 Å². The zero-order chi connectivity index (χ0) is 22.1. The van der Waals surface area contributed by atoms with E-state index in [1.807, 2.05) is 37.3 Å². The Bertz CT molecular complexity index is 767. The van der Waals surface area contributed by atoms with E-state index in [4.69, 9.17) is 18.6 Å². The predicted molar refractivity (Wildman–Crippen MR) is 118 cm³/mol. The molecular weight excluding hydrogens is 398 g/mol. The van der Waals surface area contributed by atoms with E-state index in [2.05, 4.69) is 50.8 Å². The van der Waals surface area contributed by atoms with Crippen molar-refractivity contribution in [2.75, 3.05) is 6.61 Å². The number of nitrogens with zero attached hydrogens (tertiary/aromatic N) is 3. The lowest BCUT2D eigenvalue weighted by atomic mass is 9.88. The van der Waals surface area contributed by atoms with Crippen molar-refractivity contribution in [1.29, 1.82) is 0 Å². The van der Waals surface area contributed by atoms with E-state index in [1.165, 1.54) is 0 Å². The highest BCUT2D eigenvalue weighted by Crippen LogP contribution is 2.47. The summed E-state index contributed by atoms with van der Waals surface area (Å²) < 4.78 is 25.2. The predicted octanol–water partition coefficient (Wildman–Crippen LogP) is 5.80. The highest BCUT2D eigenvalue weighted by molar-refractivity contribution is 6.74. The normalized spacial score (nSPS) is 32.4. The van der Waals surface area contributed by atoms with Crippen LogP contribution in [0.25, 0.3) is 10.4 Å². The maximum absolute atomic E-state index is 9.22. The van der Waals surface area contributed by atoms with Crippen molar-refractivity contribution in [3.8, 4) is 0 Å². The monoisotopic (exact) mass is 433 g/mol. The van der Waals surface area contributed by atoms with Crippen molar-refractivity contribution in [3.05, 3.63) is 46.3 Å². The van der Waals surface area contributed by atoms with Gasteiger partial charge in [-0.1, -0.05) is 70.1 Å². The summed E-state index contributed by atoms with van der Waals surface area (Å²) in [6, 6.07) is 9.40. The van der Waals surface area contributed by atoms with Gasteiger partial charge in [0.1, 0.15) is 6.10 Å². The summed E-state index contributed by atoms with van der Waals surface area (Å²) in [5, 5.41) is 4.10. The van der Waals surface area contributed by atoms with Crippen LogP contribution in [0.2, 0.25) is 18.1 Å². The minimum Gasteiger partial charge on any atom is -0.392 e. The molecule has 166 valence electrons. The van der Waals surface area contributed by atoms with E-state index in [1.54, 1.807) is 0 Å². The van der Waals surface area contributed by atoms with Gasteiger partial charge in [0, 0.05) is 10.5 Å². The fraction of sp³-hybridized carbons (Fsp3) is 0.727. The molecule has 0 aliphatic carbocycles. The summed E-state index contributed by atoms with van der Waals surface area (Å²) in [5.74, 6) is 0.394. The van der Waals surface area contributed by atoms with E-state index in [9.17, 15) is 5.53 Å². The Hall–Kier alpha value is -1.41. The third-order valence-corrected chi connectivity index (χ3v) is 11.9. The van der Waals surface area contributed by atoms with Gasteiger partial charge < -0.3 is 18.6 Å². The van der Waals surface area contributed by atoms with Gasteiger partial charge in [-0.3, -0.25) is 0 Å². The van der Waals surface area contributed by atoms with Gasteiger partial charge in [-0.2, -0.15) is 0 Å². The van der Waals surface area contributed by atoms with Crippen molar-refractivity contribution >= 4 is 8.32 Å². The number of hydrogen-bond acceptors (Lipinski definition) is 5. The highest BCUT2D eigenvalue weighted by Gasteiger charge is 2.52. The van der Waals surface area contributed by atoms with Gasteiger partial charge >= 0.3 is 0 Å². The largest absolute Gasteiger partial charge is 0.392 e. The lowest BCUT2D eigenvalue weighted by Gasteiger charge is -2.51. The number of hydrogen-bond donors (Lipinski definition) is 0. The molecule has 8 heteroatoms. The Labute approximate surface area is 180 Å². The van der Waals surface area contributed by atoms with E-state index < -0.39 is 26.9 Å². The van der Waals surface area contributed by atoms with E-state index in [0.29, 0.717) is 12.5 Å². The van der Waals surface area contributed by atoms with Crippen LogP contribution in [0.15, 0.2) is 35.4 Å². The molecule has 1 aromatic rings. The van der Waals surface area contributed by atoms with Crippen LogP contribution >= 0.6 is 0 Å². The second-order valence-electron chi connectivity index (χ2n) is 9.78. The molecule has 7 nitrogen and oxygen atoms in total. The van der Waals surface area contributed by atoms with Crippen LogP contribution in [0.3, 0.4) is 0 Å². The van der Waals surface area contributed by atoms with Crippen LogP contribution in [0, 0.1) is 11.8 Å². The van der Waals surface area contributed by atoms with E-state index in [-0.39, 0.29) is 23.2 Å². The van der Waals surface area contributed by atoms with Gasteiger partial charge in [0.15, 0.2) is 20.9 Å². The minimum absolute atomic E-state index is 0.0231. The summed E-state index contributed by atoms with van der Waals surface area (Å²) in [5.41, 5.74) is 10.2. The molecule has 1 aromatic carbocycles. The van der Waals surface area contributed by atoms with Crippen molar-refractivity contribution in [3.63, 3.8) is 0 Å². The summed E-state index contributed by atoms with van der Waals surface area (Å²) in [7, 11) is -2.19. The van der Waals surface area contributed by atoms with Crippen LogP contribution in [0.5, 0.6) is 0 Å². The molecule has 0 spiro atoms. The number of ether oxygens (including phenoxy) is 3. The first-order valence-corrected chi connectivity index (χ1v) is 13.7. The molecule has 2 aliphatic heterocycles. The minimum atomic E-state index is -2.19. The fourth-order valence-corrected chi connectivity index (χ4v) is 6.53. The summed E-state index contributed by atoms with van der Waals surface area (Å²) >= 11 is 0. The molecule has 0 amide bonds. The van der Waals surface area contributed by atoms with Gasteiger partial charge in [0.2, 0.25) is 0 Å². The van der Waals surface area contributed by atoms with Crippen molar-refractivity contribution in [2.24, 2.45) is 17.0 Å². The average molecular weight is 434 g/mol. The van der Waals surface area contributed by atoms with Crippen molar-refractivity contribution in [1.82, 2.24) is 0 Å². The second-order valence-corrected chi connectivity index (χ2v) is 14.3. The zero-order valence-corrected chi connectivity index (χ0v) is 20.1. The molecule has 2 aliphatic rings. The SMILES string of the molecule is CC(C)C(C)(C)[Si](C)(C)O[C@@H]1OC2COC(c3ccccc3)O[C@@H]2[C@H](C)C1N=[N+]=[N-]. The maximum Gasteiger partial charge on any atom is 0.196 e. The summed E-state index contributed by atoms with van der Waals surface area (Å²) in [6.45, 7) is 15.8. The quantitative estimate of drug-likeness (QED) is 0.246. The third kappa shape index (κ3) is 4.44. The third-order valence-electron chi connectivity index (χ3n) is 7.37. The lowest BCUT2D eigenvalue weighted by Crippen LogP contribution is -2.61. The Morgan fingerprint density at radius 1 is 1.20 bits per heavy atom. The molecular formula is C22H35N3O4Si. The lowest BCUT2D eigenvalue weighted by molar-refractivity contribution is -0.324. The first kappa shape index (κ1) is 23.3. The summed E-state index contributed by atoms with van der Waals surface area (Å²) in [6.07, 6.45) is -1.55. The molecule has 2 heterocycles. The Balaban J connectivity index is 1.80. The van der Waals surface area contributed by atoms with Gasteiger partial charge in [0.05, 0.1) is 18.8 Å². The molecule has 3 rings (SSSR count). The average Bonchev–Trinajstić information content (AvgIpc) is 2.71. The van der Waals surface area contributed by atoms with Gasteiger partial charge in [-0.05, 0) is 35.5 Å². The second kappa shape index (κ2) is 8.98. The van der Waals surface area contributed by atoms with E-state index in [0.717, 1.165) is 5.56 Å². The van der Waals surface area contributed by atoms with Crippen LogP contribution < -0.4 is 0 Å². The molecule has 0 aromatic heterocycles. The number of fused-ring (bicyclic) bond motifs is 1. The molecule has 2 saturated heterocycles. The fourth-order valence-electron chi connectivity index (χ4n) is 4.06. The van der Waals surface area contributed by atoms with Gasteiger partial charge in [0.25, 0.3) is 0 Å². The number of benzene rings is 1. The molecule has 0 N–H and O–H groups in total. The molecule has 3 unspecified atom stereocenters. The molecule has 6 atom stereocenters. The first-order chi connectivity index (χ1) is 14.1. The molecule has 2 fully saturated rings. The van der Waals surface area contributed by atoms with E-state index >= 15 is 0 Å². The van der Waals surface area contributed by atoms with Gasteiger partial charge in [-0.25, -0.2) is 0 Å². The van der Waals surface area contributed by atoms with Crippen molar-refractivity contribution in [2.45, 2.75) is 83.6 Å². The standard InChI is InChI=1S/C22H35N3O4Si/c1-14(2)22(4,5)30(6,7)29-21-18(24-25-23)15(3)19-17(27-21)13-26-20(28-19)16-11-9-8-10-12-16/h8-12,14-15,17-21H,13H2,1-7H3/t15-,17?,18?,19-,20?,21+/m1/s1. The Morgan fingerprint density at radius 3 is 2.47 bits per heavy atom. The molecule has 30 heavy (non-hydrogen) atoms. The topological polar surface area (TPSA) is 85.7 Å². The van der Waals surface area contributed by atoms with Crippen LogP contribution in [0.4, 0.5) is 0 Å². The van der Waals surface area contributed by atoms with Crippen LogP contribution in [-0.4, -0.2) is 39.5 Å². The maximum atomic E-state index is 9.22. The Kier molecular flexibility index (Phi) is 6.96. The number of azide groups is 1. The summed E-state index contributed by atoms with van der Waals surface area (Å²) in [4.78, 5) is 3.10. The number of rotatable bonds is 6. The molecule has 0 saturated carbocycles. The molecule has 0 bridgehead atoms.